The summed E-state index contributed by atoms with van der Waals surface area (Å²) in [6.07, 6.45) is 5.04. The maximum atomic E-state index is 15.0. The van der Waals surface area contributed by atoms with Crippen LogP contribution in [0.3, 0.4) is 0 Å². The van der Waals surface area contributed by atoms with Gasteiger partial charge in [0, 0.05) is 42.0 Å². The molecule has 4 aromatic heterocycles. The second-order valence-electron chi connectivity index (χ2n) is 8.23. The number of amides is 1. The number of halogens is 2. The standard InChI is InChI=1S/C26H18F2N4O2/c1-31-12-17(11-29-31)15-5-6-16(21(28)9-15)13-32-14-19(25-20(27)3-2-4-23(25)32)26(33)30-22-10-18-7-8-24(22)34-18/h2-12,14H,13H2,1H3,(H,30,33). The Morgan fingerprint density at radius 1 is 1.03 bits per heavy atom. The van der Waals surface area contributed by atoms with E-state index in [0.29, 0.717) is 33.5 Å². The lowest BCUT2D eigenvalue weighted by atomic mass is 10.1. The lowest BCUT2D eigenvalue weighted by Crippen LogP contribution is -2.11. The summed E-state index contributed by atoms with van der Waals surface area (Å²) in [5.74, 6) is -1.38. The van der Waals surface area contributed by atoms with Gasteiger partial charge in [0.05, 0.1) is 29.5 Å². The lowest BCUT2D eigenvalue weighted by molar-refractivity contribution is 0.102. The minimum Gasteiger partial charge on any atom is -0.455 e. The summed E-state index contributed by atoms with van der Waals surface area (Å²) < 4.78 is 38.6. The first-order valence-corrected chi connectivity index (χ1v) is 10.6. The number of furan rings is 2. The van der Waals surface area contributed by atoms with Crippen LogP contribution in [0.2, 0.25) is 0 Å². The Kier molecular flexibility index (Phi) is 4.48. The average molecular weight is 456 g/mol. The molecular formula is C26H18F2N4O2. The molecule has 6 rings (SSSR count). The normalized spacial score (nSPS) is 11.6. The number of aromatic nitrogens is 3. The molecule has 4 heterocycles. The number of benzene rings is 3. The van der Waals surface area contributed by atoms with Crippen molar-refractivity contribution in [2.45, 2.75) is 6.54 Å². The van der Waals surface area contributed by atoms with Crippen molar-refractivity contribution in [3.63, 3.8) is 0 Å². The number of carbonyl (C=O) groups is 1. The quantitative estimate of drug-likeness (QED) is 0.356. The Balaban J connectivity index is 1.35. The number of hydrogen-bond donors (Lipinski definition) is 1. The molecule has 8 heteroatoms. The molecule has 0 unspecified atom stereocenters. The van der Waals surface area contributed by atoms with E-state index in [2.05, 4.69) is 10.4 Å². The molecule has 0 fully saturated rings. The van der Waals surface area contributed by atoms with E-state index in [1.165, 1.54) is 12.1 Å². The number of nitrogens with zero attached hydrogens (tertiary/aromatic N) is 3. The van der Waals surface area contributed by atoms with E-state index < -0.39 is 17.5 Å². The van der Waals surface area contributed by atoms with Crippen molar-refractivity contribution in [3.05, 3.63) is 95.9 Å². The largest absolute Gasteiger partial charge is 0.455 e. The van der Waals surface area contributed by atoms with Gasteiger partial charge in [0.25, 0.3) is 5.91 Å². The molecule has 0 saturated carbocycles. The third-order valence-corrected chi connectivity index (χ3v) is 5.96. The minimum atomic E-state index is -0.520. The Bertz CT molecular complexity index is 1680. The van der Waals surface area contributed by atoms with E-state index in [0.717, 1.165) is 5.56 Å². The SMILES string of the molecule is Cn1cc(-c2ccc(Cn3cc(C(=O)Nc4cc5ccc4o5)c4c(F)cccc43)c(F)c2)cn1. The summed E-state index contributed by atoms with van der Waals surface area (Å²) in [6.45, 7) is 0.135. The van der Waals surface area contributed by atoms with Gasteiger partial charge in [0.2, 0.25) is 0 Å². The van der Waals surface area contributed by atoms with Crippen molar-refractivity contribution in [3.8, 4) is 11.1 Å². The number of rotatable bonds is 5. The van der Waals surface area contributed by atoms with Crippen LogP contribution in [0.15, 0.2) is 77.6 Å². The van der Waals surface area contributed by atoms with E-state index in [1.807, 2.05) is 12.3 Å². The monoisotopic (exact) mass is 456 g/mol. The van der Waals surface area contributed by atoms with Gasteiger partial charge in [-0.05, 0) is 35.9 Å². The second-order valence-corrected chi connectivity index (χ2v) is 8.23. The topological polar surface area (TPSA) is 65.0 Å². The van der Waals surface area contributed by atoms with Crippen molar-refractivity contribution >= 4 is 33.7 Å². The number of anilines is 1. The minimum absolute atomic E-state index is 0.135. The molecule has 2 bridgehead atoms. The van der Waals surface area contributed by atoms with Crippen molar-refractivity contribution in [2.75, 3.05) is 5.32 Å². The van der Waals surface area contributed by atoms with E-state index in [4.69, 9.17) is 4.42 Å². The van der Waals surface area contributed by atoms with Gasteiger partial charge in [0.1, 0.15) is 17.2 Å². The summed E-state index contributed by atoms with van der Waals surface area (Å²) in [5.41, 5.74) is 4.32. The molecule has 0 aliphatic carbocycles. The van der Waals surface area contributed by atoms with Gasteiger partial charge in [-0.15, -0.1) is 0 Å². The molecule has 0 spiro atoms. The molecule has 6 nitrogen and oxygen atoms in total. The summed E-state index contributed by atoms with van der Waals surface area (Å²) in [4.78, 5) is 13.1. The molecule has 34 heavy (non-hydrogen) atoms. The molecule has 168 valence electrons. The molecule has 2 aromatic carbocycles. The van der Waals surface area contributed by atoms with Crippen LogP contribution in [-0.2, 0) is 13.6 Å². The number of carbonyl (C=O) groups excluding carboxylic acids is 1. The van der Waals surface area contributed by atoms with Crippen molar-refractivity contribution in [1.82, 2.24) is 14.3 Å². The molecule has 1 N–H and O–H groups in total. The molecule has 0 saturated heterocycles. The van der Waals surface area contributed by atoms with Crippen molar-refractivity contribution < 1.29 is 18.0 Å². The summed E-state index contributed by atoms with van der Waals surface area (Å²) in [6, 6.07) is 14.8. The number of hydrogen-bond acceptors (Lipinski definition) is 3. The summed E-state index contributed by atoms with van der Waals surface area (Å²) in [7, 11) is 1.80. The van der Waals surface area contributed by atoms with Gasteiger partial charge in [-0.1, -0.05) is 18.2 Å². The zero-order chi connectivity index (χ0) is 23.4. The van der Waals surface area contributed by atoms with Crippen LogP contribution in [0.5, 0.6) is 0 Å². The smallest absolute Gasteiger partial charge is 0.258 e. The highest BCUT2D eigenvalue weighted by atomic mass is 19.1. The first-order chi connectivity index (χ1) is 16.5. The first kappa shape index (κ1) is 20.2. The highest BCUT2D eigenvalue weighted by molar-refractivity contribution is 6.14. The number of fused-ring (bicyclic) bond motifs is 3. The maximum absolute atomic E-state index is 15.0. The second kappa shape index (κ2) is 7.55. The van der Waals surface area contributed by atoms with Crippen LogP contribution in [0.25, 0.3) is 33.2 Å². The maximum Gasteiger partial charge on any atom is 0.258 e. The van der Waals surface area contributed by atoms with E-state index in [9.17, 15) is 9.18 Å². The fourth-order valence-electron chi connectivity index (χ4n) is 4.30. The average Bonchev–Trinajstić information content (AvgIpc) is 3.60. The molecule has 0 aliphatic heterocycles. The Morgan fingerprint density at radius 2 is 1.91 bits per heavy atom. The van der Waals surface area contributed by atoms with Gasteiger partial charge in [0.15, 0.2) is 5.58 Å². The zero-order valence-corrected chi connectivity index (χ0v) is 18.0. The van der Waals surface area contributed by atoms with Crippen LogP contribution in [0, 0.1) is 11.6 Å². The van der Waals surface area contributed by atoms with Crippen LogP contribution in [-0.4, -0.2) is 20.3 Å². The van der Waals surface area contributed by atoms with E-state index in [1.54, 1.807) is 65.1 Å². The Labute approximate surface area is 192 Å². The lowest BCUT2D eigenvalue weighted by Gasteiger charge is -2.08. The van der Waals surface area contributed by atoms with E-state index >= 15 is 4.39 Å². The van der Waals surface area contributed by atoms with Gasteiger partial charge >= 0.3 is 0 Å². The predicted molar refractivity (Wildman–Crippen MR) is 125 cm³/mol. The predicted octanol–water partition coefficient (Wildman–Crippen LogP) is 5.80. The van der Waals surface area contributed by atoms with Crippen molar-refractivity contribution in [2.24, 2.45) is 7.05 Å². The van der Waals surface area contributed by atoms with Gasteiger partial charge in [-0.2, -0.15) is 5.10 Å². The molecule has 1 amide bonds. The van der Waals surface area contributed by atoms with Gasteiger partial charge < -0.3 is 14.3 Å². The molecule has 0 aliphatic rings. The first-order valence-electron chi connectivity index (χ1n) is 10.6. The van der Waals surface area contributed by atoms with Crippen molar-refractivity contribution in [1.29, 1.82) is 0 Å². The van der Waals surface area contributed by atoms with Crippen LogP contribution in [0.4, 0.5) is 14.5 Å². The van der Waals surface area contributed by atoms with Gasteiger partial charge in [-0.25, -0.2) is 8.78 Å². The molecular weight excluding hydrogens is 438 g/mol. The molecule has 0 radical (unpaired) electrons. The zero-order valence-electron chi connectivity index (χ0n) is 18.0. The number of nitrogens with one attached hydrogen (secondary N) is 1. The van der Waals surface area contributed by atoms with Gasteiger partial charge in [-0.3, -0.25) is 9.48 Å². The third kappa shape index (κ3) is 3.31. The molecule has 0 atom stereocenters. The van der Waals surface area contributed by atoms with E-state index in [-0.39, 0.29) is 17.5 Å². The third-order valence-electron chi connectivity index (χ3n) is 5.96. The number of aryl methyl sites for hydroxylation is 1. The highest BCUT2D eigenvalue weighted by Crippen LogP contribution is 2.30. The highest BCUT2D eigenvalue weighted by Gasteiger charge is 2.21. The fraction of sp³-hybridized carbons (Fsp3) is 0.0769. The Morgan fingerprint density at radius 3 is 2.62 bits per heavy atom. The summed E-state index contributed by atoms with van der Waals surface area (Å²) >= 11 is 0. The Hall–Kier alpha value is -4.46. The van der Waals surface area contributed by atoms with Crippen LogP contribution >= 0.6 is 0 Å². The van der Waals surface area contributed by atoms with Crippen LogP contribution in [0.1, 0.15) is 15.9 Å². The van der Waals surface area contributed by atoms with Crippen LogP contribution < -0.4 is 5.32 Å². The molecule has 6 aromatic rings. The fourth-order valence-corrected chi connectivity index (χ4v) is 4.30. The summed E-state index contributed by atoms with van der Waals surface area (Å²) in [5, 5.41) is 7.10.